The third-order valence-electron chi connectivity index (χ3n) is 3.27. The van der Waals surface area contributed by atoms with Crippen molar-refractivity contribution in [1.29, 1.82) is 0 Å². The Labute approximate surface area is 127 Å². The number of unbranched alkanes of at least 4 members (excludes halogenated alkanes) is 5. The lowest BCUT2D eigenvalue weighted by Gasteiger charge is -2.08. The Bertz CT molecular complexity index is 269. The van der Waals surface area contributed by atoms with Gasteiger partial charge in [-0.15, -0.1) is 11.6 Å². The minimum Gasteiger partial charge on any atom is -0.469 e. The van der Waals surface area contributed by atoms with Crippen molar-refractivity contribution in [2.45, 2.75) is 69.6 Å². The van der Waals surface area contributed by atoms with Crippen LogP contribution >= 0.6 is 11.6 Å². The Morgan fingerprint density at radius 2 is 1.30 bits per heavy atom. The molecule has 0 aliphatic rings. The molecule has 0 rings (SSSR count). The van der Waals surface area contributed by atoms with E-state index in [9.17, 15) is 9.59 Å². The molecule has 0 heterocycles. The minimum absolute atomic E-state index is 0.0634. The molecule has 0 bridgehead atoms. The van der Waals surface area contributed by atoms with Crippen LogP contribution in [0, 0.1) is 0 Å². The molecule has 0 aromatic rings. The van der Waals surface area contributed by atoms with E-state index in [1.54, 1.807) is 0 Å². The fraction of sp³-hybridized carbons (Fsp3) is 0.867. The summed E-state index contributed by atoms with van der Waals surface area (Å²) in [5, 5.41) is 0.0634. The fourth-order valence-corrected chi connectivity index (χ4v) is 2.23. The summed E-state index contributed by atoms with van der Waals surface area (Å²) in [5.74, 6) is -0.318. The number of alkyl halides is 1. The molecule has 0 aliphatic heterocycles. The molecule has 118 valence electrons. The first kappa shape index (κ1) is 19.2. The summed E-state index contributed by atoms with van der Waals surface area (Å²) in [4.78, 5) is 21.8. The zero-order valence-corrected chi connectivity index (χ0v) is 13.4. The van der Waals surface area contributed by atoms with Gasteiger partial charge in [0, 0.05) is 18.2 Å². The molecule has 4 nitrogen and oxygen atoms in total. The first-order valence-corrected chi connectivity index (χ1v) is 7.81. The van der Waals surface area contributed by atoms with E-state index < -0.39 is 0 Å². The van der Waals surface area contributed by atoms with Crippen molar-refractivity contribution in [3.8, 4) is 0 Å². The highest BCUT2D eigenvalue weighted by Crippen LogP contribution is 2.16. The van der Waals surface area contributed by atoms with Gasteiger partial charge in [0.25, 0.3) is 0 Å². The average Bonchev–Trinajstić information content (AvgIpc) is 2.46. The van der Waals surface area contributed by atoms with Crippen molar-refractivity contribution in [1.82, 2.24) is 0 Å². The first-order chi connectivity index (χ1) is 9.60. The van der Waals surface area contributed by atoms with Crippen LogP contribution in [-0.2, 0) is 19.1 Å². The van der Waals surface area contributed by atoms with Crippen molar-refractivity contribution in [2.75, 3.05) is 14.2 Å². The van der Waals surface area contributed by atoms with E-state index in [1.165, 1.54) is 20.6 Å². The summed E-state index contributed by atoms with van der Waals surface area (Å²) in [5.41, 5.74) is 0. The number of methoxy groups -OCH3 is 2. The zero-order valence-electron chi connectivity index (χ0n) is 12.7. The van der Waals surface area contributed by atoms with Gasteiger partial charge in [-0.1, -0.05) is 32.1 Å². The highest BCUT2D eigenvalue weighted by molar-refractivity contribution is 6.20. The van der Waals surface area contributed by atoms with Crippen molar-refractivity contribution in [3.63, 3.8) is 0 Å². The molecule has 0 saturated heterocycles. The van der Waals surface area contributed by atoms with Crippen molar-refractivity contribution in [3.05, 3.63) is 0 Å². The molecule has 0 aromatic heterocycles. The van der Waals surface area contributed by atoms with E-state index >= 15 is 0 Å². The van der Waals surface area contributed by atoms with Gasteiger partial charge in [0.1, 0.15) is 0 Å². The summed E-state index contributed by atoms with van der Waals surface area (Å²) in [7, 11) is 2.82. The van der Waals surface area contributed by atoms with Crippen LogP contribution in [-0.4, -0.2) is 31.5 Å². The lowest BCUT2D eigenvalue weighted by molar-refractivity contribution is -0.141. The van der Waals surface area contributed by atoms with Crippen LogP contribution in [0.2, 0.25) is 0 Å². The molecular weight excluding hydrogens is 280 g/mol. The van der Waals surface area contributed by atoms with Gasteiger partial charge in [-0.05, 0) is 19.3 Å². The summed E-state index contributed by atoms with van der Waals surface area (Å²) < 4.78 is 9.16. The first-order valence-electron chi connectivity index (χ1n) is 7.37. The lowest BCUT2D eigenvalue weighted by Crippen LogP contribution is -2.05. The predicted octanol–water partition coefficient (Wildman–Crippen LogP) is 3.84. The SMILES string of the molecule is COC(=O)CCCCCCCCC(Cl)CCC(=O)OC. The summed E-state index contributed by atoms with van der Waals surface area (Å²) >= 11 is 6.14. The van der Waals surface area contributed by atoms with E-state index in [-0.39, 0.29) is 17.3 Å². The summed E-state index contributed by atoms with van der Waals surface area (Å²) in [6, 6.07) is 0. The Morgan fingerprint density at radius 3 is 1.90 bits per heavy atom. The monoisotopic (exact) mass is 306 g/mol. The Morgan fingerprint density at radius 1 is 0.800 bits per heavy atom. The molecule has 20 heavy (non-hydrogen) atoms. The van der Waals surface area contributed by atoms with Crippen LogP contribution < -0.4 is 0 Å². The Hall–Kier alpha value is -0.770. The zero-order chi connectivity index (χ0) is 15.2. The quantitative estimate of drug-likeness (QED) is 0.312. The molecule has 0 spiro atoms. The highest BCUT2D eigenvalue weighted by Gasteiger charge is 2.08. The molecule has 0 aromatic carbocycles. The van der Waals surface area contributed by atoms with E-state index in [2.05, 4.69) is 9.47 Å². The maximum Gasteiger partial charge on any atom is 0.305 e. The molecule has 0 N–H and O–H groups in total. The van der Waals surface area contributed by atoms with Gasteiger partial charge in [0.15, 0.2) is 0 Å². The van der Waals surface area contributed by atoms with Crippen LogP contribution in [0.5, 0.6) is 0 Å². The highest BCUT2D eigenvalue weighted by atomic mass is 35.5. The van der Waals surface area contributed by atoms with E-state index in [4.69, 9.17) is 11.6 Å². The molecule has 0 saturated carbocycles. The number of hydrogen-bond donors (Lipinski definition) is 0. The maximum absolute atomic E-state index is 10.9. The number of hydrogen-bond acceptors (Lipinski definition) is 4. The normalized spacial score (nSPS) is 11.9. The van der Waals surface area contributed by atoms with E-state index in [0.717, 1.165) is 38.5 Å². The van der Waals surface area contributed by atoms with Crippen LogP contribution in [0.3, 0.4) is 0 Å². The third kappa shape index (κ3) is 12.3. The molecule has 1 atom stereocenters. The summed E-state index contributed by atoms with van der Waals surface area (Å²) in [6.07, 6.45) is 9.09. The van der Waals surface area contributed by atoms with Gasteiger partial charge in [-0.3, -0.25) is 9.59 Å². The van der Waals surface area contributed by atoms with Crippen LogP contribution in [0.4, 0.5) is 0 Å². The molecule has 0 fully saturated rings. The van der Waals surface area contributed by atoms with Gasteiger partial charge >= 0.3 is 11.9 Å². The van der Waals surface area contributed by atoms with Crippen LogP contribution in [0.1, 0.15) is 64.2 Å². The largest absolute Gasteiger partial charge is 0.469 e. The van der Waals surface area contributed by atoms with E-state index in [1.807, 2.05) is 0 Å². The van der Waals surface area contributed by atoms with Gasteiger partial charge < -0.3 is 9.47 Å². The molecule has 0 radical (unpaired) electrons. The van der Waals surface area contributed by atoms with Gasteiger partial charge in [-0.2, -0.15) is 0 Å². The maximum atomic E-state index is 10.9. The topological polar surface area (TPSA) is 52.6 Å². The number of carbonyl (C=O) groups is 2. The molecule has 0 aliphatic carbocycles. The average molecular weight is 307 g/mol. The fourth-order valence-electron chi connectivity index (χ4n) is 1.97. The molecule has 1 unspecified atom stereocenters. The second kappa shape index (κ2) is 13.2. The number of ether oxygens (including phenoxy) is 2. The van der Waals surface area contributed by atoms with Crippen LogP contribution in [0.15, 0.2) is 0 Å². The van der Waals surface area contributed by atoms with Crippen molar-refractivity contribution >= 4 is 23.5 Å². The Kier molecular flexibility index (Phi) is 12.7. The molecule has 0 amide bonds. The van der Waals surface area contributed by atoms with Gasteiger partial charge in [0.05, 0.1) is 14.2 Å². The molecule has 5 heteroatoms. The number of carbonyl (C=O) groups excluding carboxylic acids is 2. The standard InChI is InChI=1S/C15H27ClO4/c1-19-14(17)10-8-6-4-3-5-7-9-13(16)11-12-15(18)20-2/h13H,3-12H2,1-2H3. The second-order valence-electron chi connectivity index (χ2n) is 4.95. The van der Waals surface area contributed by atoms with Crippen LogP contribution in [0.25, 0.3) is 0 Å². The predicted molar refractivity (Wildman–Crippen MR) is 79.8 cm³/mol. The number of esters is 2. The van der Waals surface area contributed by atoms with Gasteiger partial charge in [0.2, 0.25) is 0 Å². The molecular formula is C15H27ClO4. The van der Waals surface area contributed by atoms with Crippen molar-refractivity contribution < 1.29 is 19.1 Å². The second-order valence-corrected chi connectivity index (χ2v) is 5.57. The van der Waals surface area contributed by atoms with E-state index in [0.29, 0.717) is 19.3 Å². The number of halogens is 1. The lowest BCUT2D eigenvalue weighted by atomic mass is 10.1. The minimum atomic E-state index is -0.193. The van der Waals surface area contributed by atoms with Crippen molar-refractivity contribution in [2.24, 2.45) is 0 Å². The smallest absolute Gasteiger partial charge is 0.305 e. The number of rotatable bonds is 12. The summed E-state index contributed by atoms with van der Waals surface area (Å²) in [6.45, 7) is 0. The van der Waals surface area contributed by atoms with Gasteiger partial charge in [-0.25, -0.2) is 0 Å². The third-order valence-corrected chi connectivity index (χ3v) is 3.70. The Balaban J connectivity index is 3.27.